The Balaban J connectivity index is 1.55. The van der Waals surface area contributed by atoms with Crippen LogP contribution in [-0.2, 0) is 14.4 Å². The largest absolute Gasteiger partial charge is 0.351 e. The minimum absolute atomic E-state index is 0.0644. The maximum atomic E-state index is 12.2. The first-order chi connectivity index (χ1) is 11.5. The van der Waals surface area contributed by atoms with Crippen molar-refractivity contribution in [1.82, 2.24) is 10.2 Å². The van der Waals surface area contributed by atoms with Crippen molar-refractivity contribution >= 4 is 35.0 Å². The Morgan fingerprint density at radius 2 is 1.96 bits per heavy atom. The van der Waals surface area contributed by atoms with E-state index >= 15 is 0 Å². The van der Waals surface area contributed by atoms with Crippen LogP contribution in [0.4, 0.5) is 5.69 Å². The lowest BCUT2D eigenvalue weighted by Gasteiger charge is -2.37. The molecule has 0 aliphatic carbocycles. The molecule has 0 bridgehead atoms. The molecule has 1 unspecified atom stereocenters. The number of benzene rings is 1. The molecule has 2 aliphatic rings. The molecule has 2 saturated heterocycles. The fourth-order valence-electron chi connectivity index (χ4n) is 2.98. The summed E-state index contributed by atoms with van der Waals surface area (Å²) >= 11 is 6.14. The lowest BCUT2D eigenvalue weighted by Crippen LogP contribution is -2.56. The highest BCUT2D eigenvalue weighted by Crippen LogP contribution is 2.29. The van der Waals surface area contributed by atoms with Crippen LogP contribution in [0.1, 0.15) is 6.42 Å². The maximum absolute atomic E-state index is 12.2. The molecule has 1 atom stereocenters. The van der Waals surface area contributed by atoms with Crippen molar-refractivity contribution in [3.05, 3.63) is 41.9 Å². The van der Waals surface area contributed by atoms with Gasteiger partial charge in [0.05, 0.1) is 22.7 Å². The zero-order chi connectivity index (χ0) is 17.3. The highest BCUT2D eigenvalue weighted by Gasteiger charge is 2.38. The number of hydrogen-bond acceptors (Lipinski definition) is 3. The number of carbonyl (C=O) groups excluding carboxylic acids is 3. The van der Waals surface area contributed by atoms with Crippen molar-refractivity contribution in [2.75, 3.05) is 24.5 Å². The van der Waals surface area contributed by atoms with Crippen molar-refractivity contribution in [2.24, 2.45) is 5.92 Å². The van der Waals surface area contributed by atoms with E-state index in [-0.39, 0.29) is 36.1 Å². The summed E-state index contributed by atoms with van der Waals surface area (Å²) in [5.74, 6) is -0.578. The van der Waals surface area contributed by atoms with Gasteiger partial charge in [0.1, 0.15) is 0 Å². The van der Waals surface area contributed by atoms with Gasteiger partial charge in [-0.1, -0.05) is 30.3 Å². The van der Waals surface area contributed by atoms with Gasteiger partial charge in [0.25, 0.3) is 0 Å². The topological polar surface area (TPSA) is 69.7 Å². The van der Waals surface area contributed by atoms with Crippen LogP contribution in [0.5, 0.6) is 0 Å². The van der Waals surface area contributed by atoms with Crippen LogP contribution in [-0.4, -0.2) is 48.3 Å². The maximum Gasteiger partial charge on any atom is 0.246 e. The van der Waals surface area contributed by atoms with Gasteiger partial charge in [0, 0.05) is 26.1 Å². The first-order valence-electron chi connectivity index (χ1n) is 7.76. The van der Waals surface area contributed by atoms with Crippen LogP contribution >= 0.6 is 11.6 Å². The average molecular weight is 348 g/mol. The SMILES string of the molecule is C=CC(=O)N1CC(C(=O)NC2CC(=O)N(c3ccccc3Cl)C2)C1. The van der Waals surface area contributed by atoms with E-state index in [1.807, 2.05) is 6.07 Å². The molecule has 0 aromatic heterocycles. The predicted octanol–water partition coefficient (Wildman–Crippen LogP) is 1.21. The second-order valence-corrected chi connectivity index (χ2v) is 6.42. The minimum atomic E-state index is -0.245. The molecule has 126 valence electrons. The third-order valence-corrected chi connectivity index (χ3v) is 4.67. The number of amides is 3. The van der Waals surface area contributed by atoms with E-state index in [1.54, 1.807) is 28.0 Å². The van der Waals surface area contributed by atoms with E-state index in [4.69, 9.17) is 11.6 Å². The highest BCUT2D eigenvalue weighted by atomic mass is 35.5. The molecule has 6 nitrogen and oxygen atoms in total. The molecule has 0 saturated carbocycles. The number of nitrogens with zero attached hydrogens (tertiary/aromatic N) is 2. The molecule has 2 aliphatic heterocycles. The molecule has 3 rings (SSSR count). The Labute approximate surface area is 145 Å². The molecule has 2 fully saturated rings. The van der Waals surface area contributed by atoms with E-state index < -0.39 is 0 Å². The zero-order valence-electron chi connectivity index (χ0n) is 13.1. The molecule has 0 radical (unpaired) electrons. The lowest BCUT2D eigenvalue weighted by molar-refractivity contribution is -0.139. The number of rotatable bonds is 4. The number of hydrogen-bond donors (Lipinski definition) is 1. The monoisotopic (exact) mass is 347 g/mol. The number of carbonyl (C=O) groups is 3. The Morgan fingerprint density at radius 3 is 2.62 bits per heavy atom. The molecule has 24 heavy (non-hydrogen) atoms. The van der Waals surface area contributed by atoms with Gasteiger partial charge in [-0.05, 0) is 18.2 Å². The number of para-hydroxylation sites is 1. The number of nitrogens with one attached hydrogen (secondary N) is 1. The van der Waals surface area contributed by atoms with Crippen molar-refractivity contribution < 1.29 is 14.4 Å². The number of halogens is 1. The minimum Gasteiger partial charge on any atom is -0.351 e. The number of likely N-dealkylation sites (tertiary alicyclic amines) is 1. The van der Waals surface area contributed by atoms with E-state index in [2.05, 4.69) is 11.9 Å². The summed E-state index contributed by atoms with van der Waals surface area (Å²) in [6, 6.07) is 6.90. The molecular formula is C17H18ClN3O3. The molecule has 7 heteroatoms. The third kappa shape index (κ3) is 3.14. The molecule has 1 aromatic carbocycles. The molecular weight excluding hydrogens is 330 g/mol. The van der Waals surface area contributed by atoms with Crippen LogP contribution < -0.4 is 10.2 Å². The summed E-state index contributed by atoms with van der Waals surface area (Å²) in [5.41, 5.74) is 0.660. The normalized spacial score (nSPS) is 20.7. The molecule has 3 amide bonds. The summed E-state index contributed by atoms with van der Waals surface area (Å²) in [5, 5.41) is 3.41. The van der Waals surface area contributed by atoms with Crippen molar-refractivity contribution in [1.29, 1.82) is 0 Å². The Kier molecular flexibility index (Phi) is 4.57. The van der Waals surface area contributed by atoms with Crippen LogP contribution in [0.15, 0.2) is 36.9 Å². The van der Waals surface area contributed by atoms with Gasteiger partial charge in [0.2, 0.25) is 17.7 Å². The fourth-order valence-corrected chi connectivity index (χ4v) is 3.22. The quantitative estimate of drug-likeness (QED) is 0.832. The van der Waals surface area contributed by atoms with Gasteiger partial charge in [0.15, 0.2) is 0 Å². The Hall–Kier alpha value is -2.34. The van der Waals surface area contributed by atoms with E-state index in [0.717, 1.165) is 0 Å². The van der Waals surface area contributed by atoms with E-state index in [0.29, 0.717) is 30.3 Å². The predicted molar refractivity (Wildman–Crippen MR) is 90.6 cm³/mol. The molecule has 0 spiro atoms. The Morgan fingerprint density at radius 1 is 1.25 bits per heavy atom. The van der Waals surface area contributed by atoms with Crippen LogP contribution in [0.25, 0.3) is 0 Å². The molecule has 1 N–H and O–H groups in total. The zero-order valence-corrected chi connectivity index (χ0v) is 13.8. The third-order valence-electron chi connectivity index (χ3n) is 4.35. The van der Waals surface area contributed by atoms with E-state index in [1.165, 1.54) is 6.08 Å². The smallest absolute Gasteiger partial charge is 0.246 e. The van der Waals surface area contributed by atoms with Crippen molar-refractivity contribution in [3.8, 4) is 0 Å². The van der Waals surface area contributed by atoms with Gasteiger partial charge < -0.3 is 15.1 Å². The van der Waals surface area contributed by atoms with Crippen LogP contribution in [0.2, 0.25) is 5.02 Å². The second kappa shape index (κ2) is 6.65. The van der Waals surface area contributed by atoms with Gasteiger partial charge >= 0.3 is 0 Å². The second-order valence-electron chi connectivity index (χ2n) is 6.01. The van der Waals surface area contributed by atoms with Crippen molar-refractivity contribution in [3.63, 3.8) is 0 Å². The standard InChI is InChI=1S/C17H18ClN3O3/c1-2-15(22)20-8-11(9-20)17(24)19-12-7-16(23)21(10-12)14-6-4-3-5-13(14)18/h2-6,11-12H,1,7-10H2,(H,19,24). The summed E-state index contributed by atoms with van der Waals surface area (Å²) in [6.45, 7) is 4.61. The van der Waals surface area contributed by atoms with Gasteiger partial charge in [-0.3, -0.25) is 14.4 Å². The van der Waals surface area contributed by atoms with Crippen molar-refractivity contribution in [2.45, 2.75) is 12.5 Å². The summed E-state index contributed by atoms with van der Waals surface area (Å²) < 4.78 is 0. The van der Waals surface area contributed by atoms with Gasteiger partial charge in [-0.2, -0.15) is 0 Å². The summed E-state index contributed by atoms with van der Waals surface area (Å²) in [4.78, 5) is 39.0. The average Bonchev–Trinajstić information content (AvgIpc) is 2.86. The Bertz CT molecular complexity index is 700. The first kappa shape index (κ1) is 16.5. The van der Waals surface area contributed by atoms with E-state index in [9.17, 15) is 14.4 Å². The van der Waals surface area contributed by atoms with Gasteiger partial charge in [-0.25, -0.2) is 0 Å². The van der Waals surface area contributed by atoms with Crippen LogP contribution in [0.3, 0.4) is 0 Å². The summed E-state index contributed by atoms with van der Waals surface area (Å²) in [6.07, 6.45) is 1.49. The lowest BCUT2D eigenvalue weighted by atomic mass is 9.98. The fraction of sp³-hybridized carbons (Fsp3) is 0.353. The molecule has 2 heterocycles. The highest BCUT2D eigenvalue weighted by molar-refractivity contribution is 6.33. The summed E-state index contributed by atoms with van der Waals surface area (Å²) in [7, 11) is 0. The molecule has 1 aromatic rings. The number of anilines is 1. The van der Waals surface area contributed by atoms with Crippen LogP contribution in [0, 0.1) is 5.92 Å². The van der Waals surface area contributed by atoms with Gasteiger partial charge in [-0.15, -0.1) is 0 Å². The first-order valence-corrected chi connectivity index (χ1v) is 8.14.